The van der Waals surface area contributed by atoms with Gasteiger partial charge in [-0.3, -0.25) is 4.99 Å². The van der Waals surface area contributed by atoms with Crippen molar-refractivity contribution in [3.05, 3.63) is 113 Å². The Hall–Kier alpha value is -2.45. The first kappa shape index (κ1) is 27.8. The van der Waals surface area contributed by atoms with E-state index in [1.165, 1.54) is 60.8 Å². The summed E-state index contributed by atoms with van der Waals surface area (Å²) in [6.45, 7) is 2.16. The number of allylic oxidation sites excluding steroid dienone is 8. The Labute approximate surface area is 217 Å². The zero-order valence-electron chi connectivity index (χ0n) is 20.8. The number of hydrogen-bond donors (Lipinski definition) is 0. The van der Waals surface area contributed by atoms with E-state index in [0.717, 1.165) is 12.8 Å². The van der Waals surface area contributed by atoms with Crippen LogP contribution in [0.4, 0.5) is 0 Å². The van der Waals surface area contributed by atoms with Crippen LogP contribution in [0.5, 0.6) is 0 Å². The molecule has 180 valence electrons. The summed E-state index contributed by atoms with van der Waals surface area (Å²) in [5, 5.41) is 0. The molecule has 1 nitrogen and oxygen atoms in total. The van der Waals surface area contributed by atoms with Gasteiger partial charge in [0, 0.05) is 13.3 Å². The highest BCUT2D eigenvalue weighted by Gasteiger charge is 2.11. The number of nitrogens with zero attached hydrogens (tertiary/aromatic N) is 1. The Kier molecular flexibility index (Phi) is 13.3. The van der Waals surface area contributed by atoms with Crippen molar-refractivity contribution in [3.63, 3.8) is 0 Å². The number of fused-ring (bicyclic) bond motifs is 1. The van der Waals surface area contributed by atoms with Crippen molar-refractivity contribution in [2.24, 2.45) is 10.9 Å². The smallest absolute Gasteiger partial charge is 0.0287 e. The highest BCUT2D eigenvalue weighted by Crippen LogP contribution is 2.27. The third-order valence-electron chi connectivity index (χ3n) is 6.38. The molecule has 0 fully saturated rings. The molecule has 0 unspecified atom stereocenters. The van der Waals surface area contributed by atoms with Crippen LogP contribution < -0.4 is 0 Å². The normalized spacial score (nSPS) is 14.5. The molecule has 2 aliphatic rings. The molecule has 2 aromatic carbocycles. The van der Waals surface area contributed by atoms with Crippen LogP contribution in [0, 0.1) is 5.92 Å². The Morgan fingerprint density at radius 1 is 0.853 bits per heavy atom. The molecule has 2 aliphatic carbocycles. The van der Waals surface area contributed by atoms with Crippen molar-refractivity contribution in [1.82, 2.24) is 0 Å². The van der Waals surface area contributed by atoms with E-state index < -0.39 is 0 Å². The Bertz CT molecular complexity index is 983. The molecule has 0 bridgehead atoms. The van der Waals surface area contributed by atoms with Crippen LogP contribution in [0.2, 0.25) is 0 Å². The summed E-state index contributed by atoms with van der Waals surface area (Å²) in [6.07, 6.45) is 25.6. The number of rotatable bonds is 9. The quantitative estimate of drug-likeness (QED) is 0.232. The molecule has 0 aliphatic heterocycles. The molecule has 0 saturated heterocycles. The van der Waals surface area contributed by atoms with Crippen LogP contribution in [0.15, 0.2) is 102 Å². The van der Waals surface area contributed by atoms with Crippen LogP contribution >= 0.6 is 17.0 Å². The third-order valence-corrected chi connectivity index (χ3v) is 6.38. The molecule has 0 spiro atoms. The lowest BCUT2D eigenvalue weighted by Crippen LogP contribution is -1.95. The summed E-state index contributed by atoms with van der Waals surface area (Å²) in [6, 6.07) is 19.2. The van der Waals surface area contributed by atoms with Crippen LogP contribution in [0.3, 0.4) is 0 Å². The standard InChI is InChI=1S/C24H29N.C8H10.BrH/c1-25-19-23-17-16-21(18-22-14-8-9-15-24(22)23)13-5-3-2-4-10-20-11-6-7-12-20;1-2-8-6-4-3-5-7-8;/h6-9,11-12,14-17,19-20H,2-5,10,13,18H2,1H3;3-7H,2H2,1H3;1H. The fraction of sp³-hybridized carbons (Fsp3) is 0.344. The Morgan fingerprint density at radius 3 is 2.26 bits per heavy atom. The van der Waals surface area contributed by atoms with Crippen LogP contribution in [-0.4, -0.2) is 13.3 Å². The molecule has 34 heavy (non-hydrogen) atoms. The second-order valence-electron chi connectivity index (χ2n) is 8.89. The Morgan fingerprint density at radius 2 is 1.56 bits per heavy atom. The number of unbranched alkanes of at least 4 members (excludes halogenated alkanes) is 3. The van der Waals surface area contributed by atoms with Gasteiger partial charge in [0.25, 0.3) is 0 Å². The van der Waals surface area contributed by atoms with Crippen LogP contribution in [0.25, 0.3) is 5.57 Å². The minimum Gasteiger partial charge on any atom is -0.296 e. The van der Waals surface area contributed by atoms with Crippen molar-refractivity contribution >= 4 is 28.8 Å². The minimum absolute atomic E-state index is 0. The number of aryl methyl sites for hydroxylation is 1. The van der Waals surface area contributed by atoms with E-state index in [1.807, 2.05) is 19.3 Å². The number of halogens is 1. The lowest BCUT2D eigenvalue weighted by atomic mass is 9.95. The number of benzene rings is 2. The predicted molar refractivity (Wildman–Crippen MR) is 156 cm³/mol. The van der Waals surface area contributed by atoms with Gasteiger partial charge in [0.2, 0.25) is 0 Å². The minimum atomic E-state index is 0. The average Bonchev–Trinajstić information content (AvgIpc) is 3.32. The largest absolute Gasteiger partial charge is 0.296 e. The molecule has 0 aromatic heterocycles. The van der Waals surface area contributed by atoms with Gasteiger partial charge in [-0.05, 0) is 60.3 Å². The van der Waals surface area contributed by atoms with Crippen LogP contribution in [-0.2, 0) is 12.8 Å². The lowest BCUT2D eigenvalue weighted by molar-refractivity contribution is 0.579. The summed E-state index contributed by atoms with van der Waals surface area (Å²) in [5.74, 6) is 0.699. The van der Waals surface area contributed by atoms with E-state index in [1.54, 1.807) is 5.57 Å². The highest BCUT2D eigenvalue weighted by atomic mass is 79.9. The van der Waals surface area contributed by atoms with Crippen LogP contribution in [0.1, 0.15) is 62.1 Å². The maximum Gasteiger partial charge on any atom is 0.0287 e. The van der Waals surface area contributed by atoms with E-state index in [9.17, 15) is 0 Å². The zero-order valence-corrected chi connectivity index (χ0v) is 22.5. The second-order valence-corrected chi connectivity index (χ2v) is 8.89. The molecule has 0 amide bonds. The summed E-state index contributed by atoms with van der Waals surface area (Å²) >= 11 is 0. The SMILES string of the molecule is Br.CCc1ccccc1.CN=CC1=CC=C(CCCCCCC2C=CC=C2)Cc2ccccc21. The predicted octanol–water partition coefficient (Wildman–Crippen LogP) is 9.16. The van der Waals surface area contributed by atoms with E-state index in [0.29, 0.717) is 5.92 Å². The summed E-state index contributed by atoms with van der Waals surface area (Å²) in [4.78, 5) is 4.22. The van der Waals surface area contributed by atoms with Gasteiger partial charge in [0.05, 0.1) is 0 Å². The van der Waals surface area contributed by atoms with Gasteiger partial charge in [0.15, 0.2) is 0 Å². The Balaban J connectivity index is 0.000000386. The molecule has 2 heteroatoms. The van der Waals surface area contributed by atoms with E-state index >= 15 is 0 Å². The zero-order chi connectivity index (χ0) is 23.1. The van der Waals surface area contributed by atoms with Crippen molar-refractivity contribution in [2.75, 3.05) is 7.05 Å². The molecular weight excluding hydrogens is 478 g/mol. The number of aliphatic imine (C=N–C) groups is 1. The molecule has 0 N–H and O–H groups in total. The first-order valence-electron chi connectivity index (χ1n) is 12.6. The number of hydrogen-bond acceptors (Lipinski definition) is 1. The molecule has 0 atom stereocenters. The third kappa shape index (κ3) is 9.43. The van der Waals surface area contributed by atoms with Gasteiger partial charge >= 0.3 is 0 Å². The van der Waals surface area contributed by atoms with E-state index in [2.05, 4.69) is 96.9 Å². The first-order chi connectivity index (χ1) is 16.3. The van der Waals surface area contributed by atoms with Gasteiger partial charge in [-0.2, -0.15) is 0 Å². The van der Waals surface area contributed by atoms with Crippen molar-refractivity contribution in [1.29, 1.82) is 0 Å². The van der Waals surface area contributed by atoms with E-state index in [-0.39, 0.29) is 17.0 Å². The van der Waals surface area contributed by atoms with Crippen molar-refractivity contribution < 1.29 is 0 Å². The van der Waals surface area contributed by atoms with Crippen molar-refractivity contribution in [2.45, 2.75) is 58.3 Å². The highest BCUT2D eigenvalue weighted by molar-refractivity contribution is 8.93. The summed E-state index contributed by atoms with van der Waals surface area (Å²) in [5.41, 5.74) is 6.95. The monoisotopic (exact) mass is 517 g/mol. The fourth-order valence-electron chi connectivity index (χ4n) is 4.45. The molecule has 0 radical (unpaired) electrons. The lowest BCUT2D eigenvalue weighted by Gasteiger charge is -2.10. The topological polar surface area (TPSA) is 12.4 Å². The molecule has 0 saturated carbocycles. The summed E-state index contributed by atoms with van der Waals surface area (Å²) in [7, 11) is 1.84. The van der Waals surface area contributed by atoms with Gasteiger partial charge < -0.3 is 0 Å². The summed E-state index contributed by atoms with van der Waals surface area (Å²) < 4.78 is 0. The average molecular weight is 519 g/mol. The first-order valence-corrected chi connectivity index (χ1v) is 12.6. The van der Waals surface area contributed by atoms with Gasteiger partial charge in [0.1, 0.15) is 0 Å². The molecule has 4 rings (SSSR count). The van der Waals surface area contributed by atoms with Gasteiger partial charge in [-0.1, -0.05) is 123 Å². The van der Waals surface area contributed by atoms with Crippen molar-refractivity contribution in [3.8, 4) is 0 Å². The van der Waals surface area contributed by atoms with Gasteiger partial charge in [-0.15, -0.1) is 17.0 Å². The second kappa shape index (κ2) is 16.2. The van der Waals surface area contributed by atoms with E-state index in [4.69, 9.17) is 0 Å². The molecule has 2 aromatic rings. The molecule has 0 heterocycles. The van der Waals surface area contributed by atoms with Gasteiger partial charge in [-0.25, -0.2) is 0 Å². The fourth-order valence-corrected chi connectivity index (χ4v) is 4.45. The molecular formula is C32H40BrN. The maximum atomic E-state index is 4.22. The maximum absolute atomic E-state index is 4.22.